The Morgan fingerprint density at radius 1 is 1.50 bits per heavy atom. The van der Waals surface area contributed by atoms with Crippen LogP contribution in [0.15, 0.2) is 10.7 Å². The van der Waals surface area contributed by atoms with Crippen molar-refractivity contribution in [2.24, 2.45) is 0 Å². The Morgan fingerprint density at radius 3 is 3.00 bits per heavy atom. The summed E-state index contributed by atoms with van der Waals surface area (Å²) < 4.78 is 14.2. The average Bonchev–Trinajstić information content (AvgIpc) is 2.29. The second kappa shape index (κ2) is 2.63. The van der Waals surface area contributed by atoms with E-state index in [9.17, 15) is 4.39 Å². The maximum atomic E-state index is 13.0. The van der Waals surface area contributed by atoms with E-state index in [-0.39, 0.29) is 5.52 Å². The van der Waals surface area contributed by atoms with Crippen molar-refractivity contribution in [3.05, 3.63) is 16.6 Å². The van der Waals surface area contributed by atoms with E-state index < -0.39 is 5.95 Å². The summed E-state index contributed by atoms with van der Waals surface area (Å²) in [6.45, 7) is 0. The summed E-state index contributed by atoms with van der Waals surface area (Å²) in [5.74, 6) is -0.590. The van der Waals surface area contributed by atoms with Crippen LogP contribution >= 0.6 is 27.3 Å². The normalized spacial score (nSPS) is 10.8. The van der Waals surface area contributed by atoms with Crippen LogP contribution < -0.4 is 5.73 Å². The van der Waals surface area contributed by atoms with Crippen LogP contribution in [-0.4, -0.2) is 9.97 Å². The van der Waals surface area contributed by atoms with E-state index in [1.54, 1.807) is 6.07 Å². The Morgan fingerprint density at radius 2 is 2.25 bits per heavy atom. The maximum Gasteiger partial charge on any atom is 0.241 e. The van der Waals surface area contributed by atoms with Crippen LogP contribution in [0, 0.1) is 5.95 Å². The number of nitrogen functional groups attached to an aromatic ring is 1. The molecular formula is C6H3BrFN3S. The Kier molecular flexibility index (Phi) is 1.73. The van der Waals surface area contributed by atoms with Crippen LogP contribution in [0.5, 0.6) is 0 Å². The summed E-state index contributed by atoms with van der Waals surface area (Å²) in [6, 6.07) is 1.69. The fraction of sp³-hybridized carbons (Fsp3) is 0. The monoisotopic (exact) mass is 247 g/mol. The fourth-order valence-electron chi connectivity index (χ4n) is 0.882. The summed E-state index contributed by atoms with van der Waals surface area (Å²) in [4.78, 5) is 7.35. The quantitative estimate of drug-likeness (QED) is 0.727. The van der Waals surface area contributed by atoms with Gasteiger partial charge < -0.3 is 5.73 Å². The van der Waals surface area contributed by atoms with Crippen molar-refractivity contribution < 1.29 is 4.39 Å². The minimum atomic E-state index is -0.590. The largest absolute Gasteiger partial charge is 0.375 e. The van der Waals surface area contributed by atoms with E-state index in [1.165, 1.54) is 11.3 Å². The molecule has 3 nitrogen and oxygen atoms in total. The topological polar surface area (TPSA) is 51.8 Å². The standard InChI is InChI=1S/C6H3BrFN3S/c7-3-1-2-4(5(8)10-3)11-6(9)12-2/h1H,(H2,9,11). The first-order valence-corrected chi connectivity index (χ1v) is 4.66. The molecule has 0 fully saturated rings. The Bertz CT molecular complexity index is 442. The van der Waals surface area contributed by atoms with Crippen molar-refractivity contribution in [2.75, 3.05) is 5.73 Å². The SMILES string of the molecule is Nc1nc2c(F)nc(Br)cc2s1. The predicted octanol–water partition coefficient (Wildman–Crippen LogP) is 2.18. The minimum absolute atomic E-state index is 0.237. The zero-order chi connectivity index (χ0) is 8.72. The van der Waals surface area contributed by atoms with Crippen molar-refractivity contribution in [1.29, 1.82) is 0 Å². The highest BCUT2D eigenvalue weighted by atomic mass is 79.9. The number of hydrogen-bond acceptors (Lipinski definition) is 4. The molecular weight excluding hydrogens is 245 g/mol. The molecule has 0 saturated carbocycles. The lowest BCUT2D eigenvalue weighted by Gasteiger charge is -1.90. The Labute approximate surface area is 79.6 Å². The lowest BCUT2D eigenvalue weighted by molar-refractivity contribution is 0.591. The van der Waals surface area contributed by atoms with Crippen molar-refractivity contribution in [3.8, 4) is 0 Å². The second-order valence-electron chi connectivity index (χ2n) is 2.13. The highest BCUT2D eigenvalue weighted by molar-refractivity contribution is 9.10. The summed E-state index contributed by atoms with van der Waals surface area (Å²) in [7, 11) is 0. The Balaban J connectivity index is 2.88. The number of aromatic nitrogens is 2. The second-order valence-corrected chi connectivity index (χ2v) is 4.01. The van der Waals surface area contributed by atoms with E-state index in [2.05, 4.69) is 25.9 Å². The number of nitrogens with two attached hydrogens (primary N) is 1. The molecule has 6 heteroatoms. The Hall–Kier alpha value is -0.750. The number of anilines is 1. The third-order valence-corrected chi connectivity index (χ3v) is 2.56. The number of thiazole rings is 1. The zero-order valence-electron chi connectivity index (χ0n) is 5.71. The molecule has 0 spiro atoms. The number of rotatable bonds is 0. The van der Waals surface area contributed by atoms with Gasteiger partial charge in [-0.3, -0.25) is 0 Å². The molecule has 0 aromatic carbocycles. The van der Waals surface area contributed by atoms with E-state index >= 15 is 0 Å². The molecule has 62 valence electrons. The smallest absolute Gasteiger partial charge is 0.241 e. The summed E-state index contributed by atoms with van der Waals surface area (Å²) in [5, 5.41) is 0.351. The van der Waals surface area contributed by atoms with Gasteiger partial charge in [0.25, 0.3) is 0 Å². The molecule has 0 radical (unpaired) electrons. The molecule has 0 amide bonds. The van der Waals surface area contributed by atoms with Crippen LogP contribution in [-0.2, 0) is 0 Å². The fourth-order valence-corrected chi connectivity index (χ4v) is 2.18. The van der Waals surface area contributed by atoms with Gasteiger partial charge in [0.2, 0.25) is 5.95 Å². The lowest BCUT2D eigenvalue weighted by Crippen LogP contribution is -1.86. The molecule has 0 saturated heterocycles. The zero-order valence-corrected chi connectivity index (χ0v) is 8.12. The molecule has 2 N–H and O–H groups in total. The van der Waals surface area contributed by atoms with Gasteiger partial charge in [-0.1, -0.05) is 11.3 Å². The lowest BCUT2D eigenvalue weighted by atomic mass is 10.4. The molecule has 0 unspecified atom stereocenters. The molecule has 0 bridgehead atoms. The van der Waals surface area contributed by atoms with E-state index in [0.717, 1.165) is 0 Å². The van der Waals surface area contributed by atoms with Crippen LogP contribution in [0.3, 0.4) is 0 Å². The van der Waals surface area contributed by atoms with E-state index in [4.69, 9.17) is 5.73 Å². The van der Waals surface area contributed by atoms with Gasteiger partial charge in [-0.2, -0.15) is 4.39 Å². The van der Waals surface area contributed by atoms with Gasteiger partial charge in [0.1, 0.15) is 10.1 Å². The summed E-state index contributed by atoms with van der Waals surface area (Å²) in [5.41, 5.74) is 5.64. The molecule has 0 atom stereocenters. The van der Waals surface area contributed by atoms with Gasteiger partial charge in [0.15, 0.2) is 5.13 Å². The van der Waals surface area contributed by atoms with Crippen molar-refractivity contribution >= 4 is 42.6 Å². The number of hydrogen-bond donors (Lipinski definition) is 1. The highest BCUT2D eigenvalue weighted by Gasteiger charge is 2.08. The summed E-state index contributed by atoms with van der Waals surface area (Å²) in [6.07, 6.45) is 0. The molecule has 2 rings (SSSR count). The van der Waals surface area contributed by atoms with Gasteiger partial charge in [-0.05, 0) is 22.0 Å². The average molecular weight is 248 g/mol. The molecule has 0 aliphatic heterocycles. The third-order valence-electron chi connectivity index (χ3n) is 1.32. The maximum absolute atomic E-state index is 13.0. The molecule has 2 aromatic rings. The first kappa shape index (κ1) is 7.88. The van der Waals surface area contributed by atoms with Crippen molar-refractivity contribution in [2.45, 2.75) is 0 Å². The first-order valence-electron chi connectivity index (χ1n) is 3.05. The molecule has 0 aliphatic carbocycles. The van der Waals surface area contributed by atoms with Gasteiger partial charge >= 0.3 is 0 Å². The highest BCUT2D eigenvalue weighted by Crippen LogP contribution is 2.26. The van der Waals surface area contributed by atoms with Crippen LogP contribution in [0.4, 0.5) is 9.52 Å². The van der Waals surface area contributed by atoms with Crippen LogP contribution in [0.1, 0.15) is 0 Å². The van der Waals surface area contributed by atoms with Gasteiger partial charge in [-0.25, -0.2) is 9.97 Å². The van der Waals surface area contributed by atoms with E-state index in [0.29, 0.717) is 14.4 Å². The number of pyridine rings is 1. The van der Waals surface area contributed by atoms with Gasteiger partial charge in [0, 0.05) is 0 Å². The minimum Gasteiger partial charge on any atom is -0.375 e. The number of nitrogens with zero attached hydrogens (tertiary/aromatic N) is 2. The third kappa shape index (κ3) is 1.16. The van der Waals surface area contributed by atoms with Crippen molar-refractivity contribution in [3.63, 3.8) is 0 Å². The first-order chi connectivity index (χ1) is 5.66. The van der Waals surface area contributed by atoms with Gasteiger partial charge in [-0.15, -0.1) is 0 Å². The van der Waals surface area contributed by atoms with Gasteiger partial charge in [0.05, 0.1) is 4.70 Å². The van der Waals surface area contributed by atoms with Crippen molar-refractivity contribution in [1.82, 2.24) is 9.97 Å². The predicted molar refractivity (Wildman–Crippen MR) is 49.5 cm³/mol. The van der Waals surface area contributed by atoms with Crippen LogP contribution in [0.2, 0.25) is 0 Å². The molecule has 12 heavy (non-hydrogen) atoms. The molecule has 0 aliphatic rings. The molecule has 2 aromatic heterocycles. The van der Waals surface area contributed by atoms with Crippen LogP contribution in [0.25, 0.3) is 10.2 Å². The summed E-state index contributed by atoms with van der Waals surface area (Å²) >= 11 is 4.32. The molecule has 2 heterocycles. The number of fused-ring (bicyclic) bond motifs is 1. The number of halogens is 2. The van der Waals surface area contributed by atoms with E-state index in [1.807, 2.05) is 0 Å².